The number of ether oxygens (including phenoxy) is 2. The Kier molecular flexibility index (Phi) is 2.55. The smallest absolute Gasteiger partial charge is 0.160 e. The van der Waals surface area contributed by atoms with Crippen molar-refractivity contribution >= 4 is 11.6 Å². The highest BCUT2D eigenvalue weighted by Gasteiger charge is 2.49. The molecule has 2 rings (SSSR count). The fourth-order valence-corrected chi connectivity index (χ4v) is 2.16. The highest BCUT2D eigenvalue weighted by atomic mass is 35.5. The number of halogens is 1. The van der Waals surface area contributed by atoms with E-state index in [2.05, 4.69) is 13.0 Å². The van der Waals surface area contributed by atoms with E-state index in [1.807, 2.05) is 12.1 Å². The normalized spacial score (nSPS) is 28.7. The van der Waals surface area contributed by atoms with E-state index in [0.29, 0.717) is 5.92 Å². The monoisotopic (exact) mass is 226 g/mol. The molecule has 0 heterocycles. The van der Waals surface area contributed by atoms with E-state index in [9.17, 15) is 0 Å². The molecule has 1 aliphatic carbocycles. The number of methoxy groups -OCH3 is 2. The zero-order valence-corrected chi connectivity index (χ0v) is 9.97. The Hall–Kier alpha value is -0.890. The van der Waals surface area contributed by atoms with Gasteiger partial charge in [0, 0.05) is 10.8 Å². The molecule has 1 aliphatic rings. The van der Waals surface area contributed by atoms with Gasteiger partial charge in [0.2, 0.25) is 0 Å². The van der Waals surface area contributed by atoms with Crippen molar-refractivity contribution in [2.24, 2.45) is 0 Å². The minimum Gasteiger partial charge on any atom is -0.493 e. The summed E-state index contributed by atoms with van der Waals surface area (Å²) in [6.07, 6.45) is 1.03. The van der Waals surface area contributed by atoms with Crippen molar-refractivity contribution in [3.05, 3.63) is 23.8 Å². The molecule has 2 nitrogen and oxygen atoms in total. The van der Waals surface area contributed by atoms with Gasteiger partial charge in [-0.1, -0.05) is 6.07 Å². The summed E-state index contributed by atoms with van der Waals surface area (Å²) in [6, 6.07) is 6.00. The molecule has 0 saturated heterocycles. The maximum atomic E-state index is 6.24. The molecule has 0 aliphatic heterocycles. The largest absolute Gasteiger partial charge is 0.493 e. The Bertz CT molecular complexity index is 374. The third kappa shape index (κ3) is 1.91. The summed E-state index contributed by atoms with van der Waals surface area (Å²) in [6.45, 7) is 2.07. The lowest BCUT2D eigenvalue weighted by Gasteiger charge is -2.09. The fraction of sp³-hybridized carbons (Fsp3) is 0.500. The van der Waals surface area contributed by atoms with Crippen molar-refractivity contribution in [3.8, 4) is 11.5 Å². The van der Waals surface area contributed by atoms with E-state index in [0.717, 1.165) is 17.9 Å². The van der Waals surface area contributed by atoms with Gasteiger partial charge < -0.3 is 9.47 Å². The van der Waals surface area contributed by atoms with Crippen LogP contribution in [0.5, 0.6) is 11.5 Å². The van der Waals surface area contributed by atoms with Gasteiger partial charge >= 0.3 is 0 Å². The summed E-state index contributed by atoms with van der Waals surface area (Å²) in [5.41, 5.74) is 1.23. The number of hydrogen-bond donors (Lipinski definition) is 0. The third-order valence-corrected chi connectivity index (χ3v) is 3.40. The lowest BCUT2D eigenvalue weighted by molar-refractivity contribution is 0.354. The Morgan fingerprint density at radius 3 is 2.33 bits per heavy atom. The molecule has 3 heteroatoms. The first kappa shape index (κ1) is 10.6. The fourth-order valence-electron chi connectivity index (χ4n) is 1.88. The molecule has 0 aromatic heterocycles. The predicted octanol–water partition coefficient (Wildman–Crippen LogP) is 3.19. The van der Waals surface area contributed by atoms with Gasteiger partial charge in [-0.25, -0.2) is 0 Å². The summed E-state index contributed by atoms with van der Waals surface area (Å²) in [4.78, 5) is -0.0698. The molecule has 0 spiro atoms. The molecule has 1 fully saturated rings. The van der Waals surface area contributed by atoms with Crippen molar-refractivity contribution < 1.29 is 9.47 Å². The maximum absolute atomic E-state index is 6.24. The molecule has 1 saturated carbocycles. The Morgan fingerprint density at radius 2 is 1.87 bits per heavy atom. The topological polar surface area (TPSA) is 18.5 Å². The van der Waals surface area contributed by atoms with Gasteiger partial charge in [-0.05, 0) is 31.0 Å². The second-order valence-corrected chi connectivity index (χ2v) is 5.01. The summed E-state index contributed by atoms with van der Waals surface area (Å²) in [5.74, 6) is 1.98. The summed E-state index contributed by atoms with van der Waals surface area (Å²) in [5, 5.41) is 0. The molecule has 1 aromatic rings. The molecule has 0 radical (unpaired) electrons. The molecule has 0 amide bonds. The molecular formula is C12H15ClO2. The first-order valence-electron chi connectivity index (χ1n) is 4.99. The van der Waals surface area contributed by atoms with Gasteiger partial charge in [0.1, 0.15) is 0 Å². The summed E-state index contributed by atoms with van der Waals surface area (Å²) in [7, 11) is 3.29. The van der Waals surface area contributed by atoms with Crippen LogP contribution in [0, 0.1) is 0 Å². The van der Waals surface area contributed by atoms with Crippen molar-refractivity contribution in [1.29, 1.82) is 0 Å². The number of rotatable bonds is 3. The number of benzene rings is 1. The van der Waals surface area contributed by atoms with Gasteiger partial charge in [-0.15, -0.1) is 11.6 Å². The molecule has 15 heavy (non-hydrogen) atoms. The van der Waals surface area contributed by atoms with Crippen LogP contribution in [0.4, 0.5) is 0 Å². The van der Waals surface area contributed by atoms with Crippen LogP contribution < -0.4 is 9.47 Å². The summed E-state index contributed by atoms with van der Waals surface area (Å²) >= 11 is 6.24. The van der Waals surface area contributed by atoms with Crippen LogP contribution in [0.15, 0.2) is 18.2 Å². The van der Waals surface area contributed by atoms with Crippen molar-refractivity contribution in [2.75, 3.05) is 14.2 Å². The van der Waals surface area contributed by atoms with Gasteiger partial charge in [0.05, 0.1) is 14.2 Å². The van der Waals surface area contributed by atoms with E-state index >= 15 is 0 Å². The van der Waals surface area contributed by atoms with E-state index in [1.165, 1.54) is 5.56 Å². The maximum Gasteiger partial charge on any atom is 0.160 e. The quantitative estimate of drug-likeness (QED) is 0.737. The van der Waals surface area contributed by atoms with Crippen LogP contribution in [0.25, 0.3) is 0 Å². The third-order valence-electron chi connectivity index (χ3n) is 2.98. The lowest BCUT2D eigenvalue weighted by atomic mass is 10.1. The predicted molar refractivity (Wildman–Crippen MR) is 61.2 cm³/mol. The lowest BCUT2D eigenvalue weighted by Crippen LogP contribution is -1.95. The van der Waals surface area contributed by atoms with Gasteiger partial charge in [0.25, 0.3) is 0 Å². The Balaban J connectivity index is 2.28. The van der Waals surface area contributed by atoms with Gasteiger partial charge in [-0.2, -0.15) is 0 Å². The molecule has 0 N–H and O–H groups in total. The second-order valence-electron chi connectivity index (χ2n) is 4.15. The minimum absolute atomic E-state index is 0.0698. The molecule has 0 bridgehead atoms. The number of hydrogen-bond acceptors (Lipinski definition) is 2. The first-order chi connectivity index (χ1) is 7.08. The molecule has 1 aromatic carbocycles. The molecule has 2 unspecified atom stereocenters. The van der Waals surface area contributed by atoms with Gasteiger partial charge in [-0.3, -0.25) is 0 Å². The highest BCUT2D eigenvalue weighted by Crippen LogP contribution is 2.56. The molecule has 2 atom stereocenters. The standard InChI is InChI=1S/C12H15ClO2/c1-12(13)7-9(12)8-4-5-10(14-2)11(6-8)15-3/h4-6,9H,7H2,1-3H3. The zero-order valence-electron chi connectivity index (χ0n) is 9.21. The van der Waals surface area contributed by atoms with Crippen molar-refractivity contribution in [2.45, 2.75) is 24.1 Å². The van der Waals surface area contributed by atoms with E-state index in [4.69, 9.17) is 21.1 Å². The van der Waals surface area contributed by atoms with Crippen LogP contribution in [-0.4, -0.2) is 19.1 Å². The number of alkyl halides is 1. The molecular weight excluding hydrogens is 212 g/mol. The Morgan fingerprint density at radius 1 is 1.27 bits per heavy atom. The van der Waals surface area contributed by atoms with Crippen LogP contribution in [-0.2, 0) is 0 Å². The van der Waals surface area contributed by atoms with Crippen LogP contribution in [0.1, 0.15) is 24.8 Å². The van der Waals surface area contributed by atoms with Crippen LogP contribution in [0.3, 0.4) is 0 Å². The van der Waals surface area contributed by atoms with E-state index in [1.54, 1.807) is 14.2 Å². The van der Waals surface area contributed by atoms with E-state index < -0.39 is 0 Å². The Labute approximate surface area is 95.1 Å². The molecule has 82 valence electrons. The van der Waals surface area contributed by atoms with Crippen LogP contribution in [0.2, 0.25) is 0 Å². The van der Waals surface area contributed by atoms with E-state index in [-0.39, 0.29) is 4.87 Å². The highest BCUT2D eigenvalue weighted by molar-refractivity contribution is 6.26. The zero-order chi connectivity index (χ0) is 11.1. The van der Waals surface area contributed by atoms with Crippen molar-refractivity contribution in [3.63, 3.8) is 0 Å². The van der Waals surface area contributed by atoms with Crippen molar-refractivity contribution in [1.82, 2.24) is 0 Å². The van der Waals surface area contributed by atoms with Crippen LogP contribution >= 0.6 is 11.6 Å². The average Bonchev–Trinajstić information content (AvgIpc) is 2.86. The second kappa shape index (κ2) is 3.60. The first-order valence-corrected chi connectivity index (χ1v) is 5.37. The SMILES string of the molecule is COc1ccc(C2CC2(C)Cl)cc1OC. The minimum atomic E-state index is -0.0698. The van der Waals surface area contributed by atoms with Gasteiger partial charge in [0.15, 0.2) is 11.5 Å². The summed E-state index contributed by atoms with van der Waals surface area (Å²) < 4.78 is 10.4. The average molecular weight is 227 g/mol.